The number of hydrogen-bond acceptors (Lipinski definition) is 5. The molecule has 3 aliphatic heterocycles. The third kappa shape index (κ3) is 4.57. The highest BCUT2D eigenvalue weighted by Crippen LogP contribution is 2.57. The number of likely N-dealkylation sites (tertiary alicyclic amines) is 1. The minimum atomic E-state index is -0.388. The van der Waals surface area contributed by atoms with Crippen molar-refractivity contribution in [1.29, 1.82) is 0 Å². The van der Waals surface area contributed by atoms with Crippen LogP contribution in [0.4, 0.5) is 5.69 Å². The molecule has 0 aromatic heterocycles. The Kier molecular flexibility index (Phi) is 6.45. The van der Waals surface area contributed by atoms with Crippen LogP contribution >= 0.6 is 0 Å². The minimum Gasteiger partial charge on any atom is -0.490 e. The van der Waals surface area contributed by atoms with Crippen molar-refractivity contribution < 1.29 is 23.8 Å². The van der Waals surface area contributed by atoms with Gasteiger partial charge in [-0.2, -0.15) is 0 Å². The zero-order valence-corrected chi connectivity index (χ0v) is 21.6. The number of para-hydroxylation sites is 1. The first-order chi connectivity index (χ1) is 17.2. The average molecular weight is 493 g/mol. The molecule has 2 atom stereocenters. The van der Waals surface area contributed by atoms with E-state index in [2.05, 4.69) is 25.2 Å². The SMILES string of the molecule is CCOc1cccc2c1OC(C)(C)[C@H]1CC3(CCN(C(=O)c4ccc(NC(C)=O)cc4)CC3)CO[C@H]21. The number of hydrogen-bond donors (Lipinski definition) is 1. The summed E-state index contributed by atoms with van der Waals surface area (Å²) in [6, 6.07) is 13.2. The molecule has 0 aliphatic carbocycles. The molecule has 3 aliphatic rings. The number of nitrogens with zero attached hydrogens (tertiary/aromatic N) is 1. The number of benzene rings is 2. The summed E-state index contributed by atoms with van der Waals surface area (Å²) in [7, 11) is 0. The Balaban J connectivity index is 1.27. The van der Waals surface area contributed by atoms with Gasteiger partial charge in [0.2, 0.25) is 5.91 Å². The Morgan fingerprint density at radius 3 is 2.50 bits per heavy atom. The second-order valence-electron chi connectivity index (χ2n) is 10.9. The molecule has 1 spiro atoms. The van der Waals surface area contributed by atoms with Crippen molar-refractivity contribution in [3.63, 3.8) is 0 Å². The van der Waals surface area contributed by atoms with Gasteiger partial charge in [0, 0.05) is 42.7 Å². The van der Waals surface area contributed by atoms with E-state index in [1.54, 1.807) is 24.3 Å². The van der Waals surface area contributed by atoms with E-state index in [1.807, 2.05) is 24.0 Å². The highest BCUT2D eigenvalue weighted by Gasteiger charge is 2.53. The van der Waals surface area contributed by atoms with E-state index in [-0.39, 0.29) is 34.9 Å². The molecule has 5 rings (SSSR count). The summed E-state index contributed by atoms with van der Waals surface area (Å²) in [6.07, 6.45) is 2.81. The number of piperidine rings is 1. The molecule has 0 radical (unpaired) electrons. The molecule has 2 aromatic carbocycles. The van der Waals surface area contributed by atoms with E-state index in [0.717, 1.165) is 36.3 Å². The molecule has 0 saturated carbocycles. The number of ether oxygens (including phenoxy) is 3. The zero-order chi connectivity index (χ0) is 25.5. The fourth-order valence-corrected chi connectivity index (χ4v) is 6.02. The fourth-order valence-electron chi connectivity index (χ4n) is 6.02. The molecular formula is C29H36N2O5. The van der Waals surface area contributed by atoms with E-state index in [9.17, 15) is 9.59 Å². The van der Waals surface area contributed by atoms with Crippen molar-refractivity contribution in [2.45, 2.75) is 58.7 Å². The third-order valence-corrected chi connectivity index (χ3v) is 8.02. The summed E-state index contributed by atoms with van der Waals surface area (Å²) in [5.74, 6) is 1.72. The monoisotopic (exact) mass is 492 g/mol. The first-order valence-corrected chi connectivity index (χ1v) is 12.9. The molecule has 2 amide bonds. The Morgan fingerprint density at radius 2 is 1.83 bits per heavy atom. The van der Waals surface area contributed by atoms with E-state index in [4.69, 9.17) is 14.2 Å². The molecule has 2 fully saturated rings. The van der Waals surface area contributed by atoms with Crippen LogP contribution in [0.5, 0.6) is 11.5 Å². The van der Waals surface area contributed by atoms with Gasteiger partial charge in [0.1, 0.15) is 5.60 Å². The van der Waals surface area contributed by atoms with Gasteiger partial charge in [-0.15, -0.1) is 0 Å². The number of amides is 2. The summed E-state index contributed by atoms with van der Waals surface area (Å²) < 4.78 is 19.0. The first kappa shape index (κ1) is 24.6. The Morgan fingerprint density at radius 1 is 1.11 bits per heavy atom. The predicted octanol–water partition coefficient (Wildman–Crippen LogP) is 5.21. The van der Waals surface area contributed by atoms with Gasteiger partial charge in [0.15, 0.2) is 11.5 Å². The number of carbonyl (C=O) groups excluding carboxylic acids is 2. The molecule has 7 nitrogen and oxygen atoms in total. The van der Waals surface area contributed by atoms with Crippen molar-refractivity contribution >= 4 is 17.5 Å². The summed E-state index contributed by atoms with van der Waals surface area (Å²) in [5, 5.41) is 2.74. The van der Waals surface area contributed by atoms with E-state index >= 15 is 0 Å². The summed E-state index contributed by atoms with van der Waals surface area (Å²) in [4.78, 5) is 26.3. The molecule has 0 unspecified atom stereocenters. The fraction of sp³-hybridized carbons (Fsp3) is 0.517. The van der Waals surface area contributed by atoms with Crippen LogP contribution in [-0.4, -0.2) is 48.6 Å². The van der Waals surface area contributed by atoms with Crippen LogP contribution in [0.15, 0.2) is 42.5 Å². The Labute approximate surface area is 213 Å². The van der Waals surface area contributed by atoms with Gasteiger partial charge in [-0.3, -0.25) is 9.59 Å². The van der Waals surface area contributed by atoms with Crippen molar-refractivity contribution in [2.75, 3.05) is 31.6 Å². The van der Waals surface area contributed by atoms with Crippen LogP contribution in [0.25, 0.3) is 0 Å². The van der Waals surface area contributed by atoms with E-state index in [0.29, 0.717) is 37.6 Å². The van der Waals surface area contributed by atoms with Crippen molar-refractivity contribution in [2.24, 2.45) is 11.3 Å². The molecular weight excluding hydrogens is 456 g/mol. The van der Waals surface area contributed by atoms with Crippen molar-refractivity contribution in [3.8, 4) is 11.5 Å². The normalized spacial score (nSPS) is 23.7. The number of carbonyl (C=O) groups is 2. The predicted molar refractivity (Wildman–Crippen MR) is 137 cm³/mol. The molecule has 192 valence electrons. The number of nitrogens with one attached hydrogen (secondary N) is 1. The zero-order valence-electron chi connectivity index (χ0n) is 21.6. The maximum atomic E-state index is 13.1. The molecule has 0 bridgehead atoms. The highest BCUT2D eigenvalue weighted by molar-refractivity contribution is 5.95. The molecule has 2 aromatic rings. The average Bonchev–Trinajstić information content (AvgIpc) is 2.85. The number of fused-ring (bicyclic) bond motifs is 3. The quantitative estimate of drug-likeness (QED) is 0.634. The molecule has 36 heavy (non-hydrogen) atoms. The number of rotatable bonds is 4. The van der Waals surface area contributed by atoms with Crippen LogP contribution in [-0.2, 0) is 9.53 Å². The smallest absolute Gasteiger partial charge is 0.253 e. The van der Waals surface area contributed by atoms with E-state index < -0.39 is 0 Å². The minimum absolute atomic E-state index is 0.0171. The summed E-state index contributed by atoms with van der Waals surface area (Å²) in [5.41, 5.74) is 2.07. The molecule has 3 heterocycles. The second kappa shape index (κ2) is 9.43. The molecule has 7 heteroatoms. The maximum Gasteiger partial charge on any atom is 0.253 e. The lowest BCUT2D eigenvalue weighted by Crippen LogP contribution is -2.54. The first-order valence-electron chi connectivity index (χ1n) is 12.9. The van der Waals surface area contributed by atoms with Gasteiger partial charge < -0.3 is 24.4 Å². The van der Waals surface area contributed by atoms with Gasteiger partial charge in [-0.05, 0) is 75.8 Å². The van der Waals surface area contributed by atoms with Crippen molar-refractivity contribution in [3.05, 3.63) is 53.6 Å². The summed E-state index contributed by atoms with van der Waals surface area (Å²) >= 11 is 0. The van der Waals surface area contributed by atoms with Crippen LogP contribution in [0.2, 0.25) is 0 Å². The molecule has 1 N–H and O–H groups in total. The standard InChI is InChI=1S/C29H36N2O5/c1-5-34-24-8-6-7-22-25-23(28(3,4)36-26(22)24)17-29(18-35-25)13-15-31(16-14-29)27(33)20-9-11-21(12-10-20)30-19(2)32/h6-12,23,25H,5,13-18H2,1-4H3,(H,30,32)/t23-,25+/m0/s1. The lowest BCUT2D eigenvalue weighted by atomic mass is 9.64. The molecule has 2 saturated heterocycles. The Hall–Kier alpha value is -3.06. The van der Waals surface area contributed by atoms with Crippen LogP contribution in [0.3, 0.4) is 0 Å². The van der Waals surface area contributed by atoms with Gasteiger partial charge in [-0.25, -0.2) is 0 Å². The van der Waals surface area contributed by atoms with E-state index in [1.165, 1.54) is 6.92 Å². The lowest BCUT2D eigenvalue weighted by Gasteiger charge is -2.54. The second-order valence-corrected chi connectivity index (χ2v) is 10.9. The Bertz CT molecular complexity index is 1130. The van der Waals surface area contributed by atoms with Crippen molar-refractivity contribution in [1.82, 2.24) is 4.90 Å². The highest BCUT2D eigenvalue weighted by atomic mass is 16.5. The van der Waals surface area contributed by atoms with Crippen LogP contribution in [0, 0.1) is 11.3 Å². The van der Waals surface area contributed by atoms with Crippen LogP contribution in [0.1, 0.15) is 69.0 Å². The summed E-state index contributed by atoms with van der Waals surface area (Å²) in [6.45, 7) is 10.5. The topological polar surface area (TPSA) is 77.1 Å². The van der Waals surface area contributed by atoms with Crippen LogP contribution < -0.4 is 14.8 Å². The maximum absolute atomic E-state index is 13.1. The number of anilines is 1. The van der Waals surface area contributed by atoms with Gasteiger partial charge >= 0.3 is 0 Å². The largest absolute Gasteiger partial charge is 0.490 e. The lowest BCUT2D eigenvalue weighted by molar-refractivity contribution is -0.173. The van der Waals surface area contributed by atoms with Gasteiger partial charge in [-0.1, -0.05) is 12.1 Å². The van der Waals surface area contributed by atoms with Gasteiger partial charge in [0.05, 0.1) is 19.3 Å². The van der Waals surface area contributed by atoms with Gasteiger partial charge in [0.25, 0.3) is 5.91 Å². The third-order valence-electron chi connectivity index (χ3n) is 8.02.